The highest BCUT2D eigenvalue weighted by atomic mass is 16.2. The minimum atomic E-state index is -0.321. The van der Waals surface area contributed by atoms with Gasteiger partial charge in [0.05, 0.1) is 6.04 Å². The average molecular weight is 367 g/mol. The van der Waals surface area contributed by atoms with E-state index in [4.69, 9.17) is 0 Å². The second-order valence-corrected chi connectivity index (χ2v) is 8.02. The topological polar surface area (TPSA) is 70.2 Å². The molecule has 5 nitrogen and oxygen atoms in total. The Kier molecular flexibility index (Phi) is 6.61. The van der Waals surface area contributed by atoms with E-state index in [1.54, 1.807) is 24.3 Å². The van der Waals surface area contributed by atoms with Gasteiger partial charge in [-0.3, -0.25) is 4.79 Å². The van der Waals surface area contributed by atoms with Crippen molar-refractivity contribution in [1.29, 1.82) is 0 Å². The van der Waals surface area contributed by atoms with Gasteiger partial charge in [-0.05, 0) is 50.5 Å². The maximum Gasteiger partial charge on any atom is 0.319 e. The minimum Gasteiger partial charge on any atom is -0.347 e. The molecule has 1 atom stereocenters. The quantitative estimate of drug-likeness (QED) is 0.715. The molecule has 0 aliphatic rings. The van der Waals surface area contributed by atoms with Gasteiger partial charge < -0.3 is 16.0 Å². The Hall–Kier alpha value is -2.82. The van der Waals surface area contributed by atoms with Crippen LogP contribution in [-0.4, -0.2) is 17.5 Å². The summed E-state index contributed by atoms with van der Waals surface area (Å²) in [7, 11) is 0. The lowest BCUT2D eigenvalue weighted by atomic mass is 9.96. The van der Waals surface area contributed by atoms with Crippen molar-refractivity contribution in [2.45, 2.75) is 46.2 Å². The lowest BCUT2D eigenvalue weighted by Crippen LogP contribution is -2.40. The highest BCUT2D eigenvalue weighted by Gasteiger charge is 2.19. The average Bonchev–Trinajstić information content (AvgIpc) is 2.59. The van der Waals surface area contributed by atoms with Crippen molar-refractivity contribution in [2.24, 2.45) is 5.92 Å². The first-order chi connectivity index (χ1) is 12.7. The standard InChI is InChI=1S/C22H29N3O2/c1-15(2)19(16-10-7-6-8-11-16)24-21(27)23-18-13-9-12-17(14-18)20(26)25-22(3,4)5/h6-15,19H,1-5H3,(H,25,26)(H2,23,24,27). The van der Waals surface area contributed by atoms with Crippen molar-refractivity contribution in [3.8, 4) is 0 Å². The summed E-state index contributed by atoms with van der Waals surface area (Å²) in [5, 5.41) is 8.76. The molecular weight excluding hydrogens is 338 g/mol. The molecule has 0 aliphatic heterocycles. The zero-order chi connectivity index (χ0) is 20.0. The van der Waals surface area contributed by atoms with Crippen LogP contribution in [0.4, 0.5) is 10.5 Å². The van der Waals surface area contributed by atoms with Crippen LogP contribution in [0.1, 0.15) is 56.6 Å². The number of benzene rings is 2. The Morgan fingerprint density at radius 2 is 1.59 bits per heavy atom. The molecule has 0 spiro atoms. The molecular formula is C22H29N3O2. The van der Waals surface area contributed by atoms with E-state index in [9.17, 15) is 9.59 Å². The Balaban J connectivity index is 2.07. The summed E-state index contributed by atoms with van der Waals surface area (Å²) in [4.78, 5) is 24.8. The molecule has 5 heteroatoms. The van der Waals surface area contributed by atoms with E-state index in [2.05, 4.69) is 29.8 Å². The van der Waals surface area contributed by atoms with Gasteiger partial charge in [-0.1, -0.05) is 50.2 Å². The van der Waals surface area contributed by atoms with Gasteiger partial charge in [-0.2, -0.15) is 0 Å². The van der Waals surface area contributed by atoms with Crippen LogP contribution in [0.2, 0.25) is 0 Å². The fourth-order valence-corrected chi connectivity index (χ4v) is 2.75. The van der Waals surface area contributed by atoms with Crippen molar-refractivity contribution >= 4 is 17.6 Å². The molecule has 27 heavy (non-hydrogen) atoms. The first kappa shape index (κ1) is 20.5. The second kappa shape index (κ2) is 8.71. The number of hydrogen-bond donors (Lipinski definition) is 3. The minimum absolute atomic E-state index is 0.0985. The molecule has 2 aromatic rings. The number of rotatable bonds is 5. The summed E-state index contributed by atoms with van der Waals surface area (Å²) in [5.41, 5.74) is 1.81. The summed E-state index contributed by atoms with van der Waals surface area (Å²) in [6.45, 7) is 9.91. The van der Waals surface area contributed by atoms with E-state index in [1.807, 2.05) is 51.1 Å². The predicted molar refractivity (Wildman–Crippen MR) is 110 cm³/mol. The van der Waals surface area contributed by atoms with Crippen LogP contribution >= 0.6 is 0 Å². The van der Waals surface area contributed by atoms with E-state index in [1.165, 1.54) is 0 Å². The summed E-state index contributed by atoms with van der Waals surface area (Å²) in [6, 6.07) is 16.4. The number of nitrogens with one attached hydrogen (secondary N) is 3. The molecule has 0 radical (unpaired) electrons. The molecule has 2 rings (SSSR count). The van der Waals surface area contributed by atoms with E-state index in [0.29, 0.717) is 11.3 Å². The summed E-state index contributed by atoms with van der Waals surface area (Å²) >= 11 is 0. The van der Waals surface area contributed by atoms with Gasteiger partial charge in [-0.25, -0.2) is 4.79 Å². The Labute approximate surface area is 161 Å². The molecule has 0 saturated heterocycles. The second-order valence-electron chi connectivity index (χ2n) is 8.02. The van der Waals surface area contributed by atoms with Crippen molar-refractivity contribution in [1.82, 2.24) is 10.6 Å². The molecule has 3 amide bonds. The molecule has 1 unspecified atom stereocenters. The zero-order valence-electron chi connectivity index (χ0n) is 16.7. The smallest absolute Gasteiger partial charge is 0.319 e. The lowest BCUT2D eigenvalue weighted by molar-refractivity contribution is 0.0919. The van der Waals surface area contributed by atoms with Gasteiger partial charge in [-0.15, -0.1) is 0 Å². The van der Waals surface area contributed by atoms with E-state index < -0.39 is 0 Å². The van der Waals surface area contributed by atoms with E-state index in [-0.39, 0.29) is 29.4 Å². The number of anilines is 1. The summed E-state index contributed by atoms with van der Waals surface area (Å²) in [5.74, 6) is 0.0675. The largest absolute Gasteiger partial charge is 0.347 e. The third kappa shape index (κ3) is 6.44. The maximum absolute atomic E-state index is 12.5. The molecule has 3 N–H and O–H groups in total. The van der Waals surface area contributed by atoms with Crippen LogP contribution in [0, 0.1) is 5.92 Å². The number of urea groups is 1. The van der Waals surface area contributed by atoms with Crippen LogP contribution in [0.3, 0.4) is 0 Å². The number of hydrogen-bond acceptors (Lipinski definition) is 2. The van der Waals surface area contributed by atoms with Gasteiger partial charge in [0.15, 0.2) is 0 Å². The van der Waals surface area contributed by atoms with Crippen LogP contribution in [0.15, 0.2) is 54.6 Å². The first-order valence-electron chi connectivity index (χ1n) is 9.21. The molecule has 2 aromatic carbocycles. The van der Waals surface area contributed by atoms with Gasteiger partial charge >= 0.3 is 6.03 Å². The van der Waals surface area contributed by atoms with Crippen LogP contribution in [0.25, 0.3) is 0 Å². The first-order valence-corrected chi connectivity index (χ1v) is 9.21. The Morgan fingerprint density at radius 3 is 2.19 bits per heavy atom. The number of carbonyl (C=O) groups is 2. The molecule has 0 heterocycles. The molecule has 0 aromatic heterocycles. The fraction of sp³-hybridized carbons (Fsp3) is 0.364. The third-order valence-corrected chi connectivity index (χ3v) is 3.98. The number of carbonyl (C=O) groups excluding carboxylic acids is 2. The Morgan fingerprint density at radius 1 is 0.926 bits per heavy atom. The highest BCUT2D eigenvalue weighted by Crippen LogP contribution is 2.21. The summed E-state index contributed by atoms with van der Waals surface area (Å²) in [6.07, 6.45) is 0. The monoisotopic (exact) mass is 367 g/mol. The van der Waals surface area contributed by atoms with Crippen molar-refractivity contribution in [3.05, 3.63) is 65.7 Å². The fourth-order valence-electron chi connectivity index (χ4n) is 2.75. The van der Waals surface area contributed by atoms with Crippen molar-refractivity contribution in [3.63, 3.8) is 0 Å². The normalized spacial score (nSPS) is 12.4. The number of amides is 3. The third-order valence-electron chi connectivity index (χ3n) is 3.98. The van der Waals surface area contributed by atoms with Crippen LogP contribution in [-0.2, 0) is 0 Å². The van der Waals surface area contributed by atoms with Gasteiger partial charge in [0.2, 0.25) is 0 Å². The van der Waals surface area contributed by atoms with E-state index >= 15 is 0 Å². The Bertz CT molecular complexity index is 780. The lowest BCUT2D eigenvalue weighted by Gasteiger charge is -2.23. The molecule has 0 fully saturated rings. The molecule has 0 aliphatic carbocycles. The maximum atomic E-state index is 12.5. The SMILES string of the molecule is CC(C)C(NC(=O)Nc1cccc(C(=O)NC(C)(C)C)c1)c1ccccc1. The van der Waals surface area contributed by atoms with Crippen LogP contribution in [0.5, 0.6) is 0 Å². The zero-order valence-corrected chi connectivity index (χ0v) is 16.7. The molecule has 0 bridgehead atoms. The van der Waals surface area contributed by atoms with Crippen molar-refractivity contribution in [2.75, 3.05) is 5.32 Å². The van der Waals surface area contributed by atoms with Crippen molar-refractivity contribution < 1.29 is 9.59 Å². The molecule has 0 saturated carbocycles. The van der Waals surface area contributed by atoms with E-state index in [0.717, 1.165) is 5.56 Å². The van der Waals surface area contributed by atoms with Gasteiger partial charge in [0.1, 0.15) is 0 Å². The summed E-state index contributed by atoms with van der Waals surface area (Å²) < 4.78 is 0. The molecule has 144 valence electrons. The predicted octanol–water partition coefficient (Wildman–Crippen LogP) is 4.73. The van der Waals surface area contributed by atoms with Crippen LogP contribution < -0.4 is 16.0 Å². The van der Waals surface area contributed by atoms with Gasteiger partial charge in [0.25, 0.3) is 5.91 Å². The highest BCUT2D eigenvalue weighted by molar-refractivity contribution is 5.97. The van der Waals surface area contributed by atoms with Gasteiger partial charge in [0, 0.05) is 16.8 Å².